The van der Waals surface area contributed by atoms with Gasteiger partial charge in [0, 0.05) is 16.9 Å². The average Bonchev–Trinajstić information content (AvgIpc) is 2.73. The second-order valence-corrected chi connectivity index (χ2v) is 10.2. The summed E-state index contributed by atoms with van der Waals surface area (Å²) in [6.07, 6.45) is 4.42. The zero-order valence-corrected chi connectivity index (χ0v) is 19.3. The summed E-state index contributed by atoms with van der Waals surface area (Å²) < 4.78 is 34.5. The van der Waals surface area contributed by atoms with Crippen LogP contribution in [-0.4, -0.2) is 27.7 Å². The first-order valence-corrected chi connectivity index (χ1v) is 12.6. The lowest BCUT2D eigenvalue weighted by Crippen LogP contribution is -2.31. The number of thioether (sulfide) groups is 1. The molecule has 0 radical (unpaired) electrons. The topological polar surface area (TPSA) is 84.5 Å². The summed E-state index contributed by atoms with van der Waals surface area (Å²) in [5, 5.41) is 2.84. The molecule has 0 heterocycles. The molecule has 1 aliphatic carbocycles. The van der Waals surface area contributed by atoms with Gasteiger partial charge in [-0.2, -0.15) is 0 Å². The van der Waals surface area contributed by atoms with Gasteiger partial charge >= 0.3 is 0 Å². The van der Waals surface area contributed by atoms with Crippen LogP contribution in [0.3, 0.4) is 0 Å². The van der Waals surface area contributed by atoms with Gasteiger partial charge in [-0.05, 0) is 67.0 Å². The van der Waals surface area contributed by atoms with Gasteiger partial charge in [0.05, 0.1) is 17.7 Å². The predicted octanol–water partition coefficient (Wildman–Crippen LogP) is 4.37. The van der Waals surface area contributed by atoms with Crippen LogP contribution in [0.2, 0.25) is 0 Å². The Morgan fingerprint density at radius 1 is 1.20 bits per heavy atom. The molecule has 6 nitrogen and oxygen atoms in total. The van der Waals surface area contributed by atoms with Gasteiger partial charge in [0.1, 0.15) is 5.75 Å². The zero-order valence-electron chi connectivity index (χ0n) is 17.7. The highest BCUT2D eigenvalue weighted by Gasteiger charge is 2.27. The Balaban J connectivity index is 1.89. The Morgan fingerprint density at radius 2 is 1.97 bits per heavy atom. The Hall–Kier alpha value is -2.03. The molecular formula is C22H28N2O4S2. The maximum Gasteiger partial charge on any atom is 0.241 e. The monoisotopic (exact) mass is 448 g/mol. The Bertz CT molecular complexity index is 1040. The van der Waals surface area contributed by atoms with Gasteiger partial charge in [0.2, 0.25) is 15.9 Å². The molecule has 2 N–H and O–H groups in total. The van der Waals surface area contributed by atoms with E-state index in [-0.39, 0.29) is 22.8 Å². The van der Waals surface area contributed by atoms with Crippen LogP contribution in [0.1, 0.15) is 43.9 Å². The van der Waals surface area contributed by atoms with Crippen LogP contribution in [0, 0.1) is 5.92 Å². The number of rotatable bonds is 7. The van der Waals surface area contributed by atoms with E-state index in [9.17, 15) is 13.2 Å². The minimum atomic E-state index is -3.76. The number of hydrogen-bond donors (Lipinski definition) is 2. The summed E-state index contributed by atoms with van der Waals surface area (Å²) in [5.41, 5.74) is 2.61. The third-order valence-corrected chi connectivity index (χ3v) is 7.49. The molecule has 3 rings (SSSR count). The molecule has 0 aromatic heterocycles. The van der Waals surface area contributed by atoms with Crippen molar-refractivity contribution in [3.63, 3.8) is 0 Å². The number of carbonyl (C=O) groups excluding carboxylic acids is 1. The number of carbonyl (C=O) groups is 1. The number of ether oxygens (including phenoxy) is 1. The molecule has 0 unspecified atom stereocenters. The summed E-state index contributed by atoms with van der Waals surface area (Å²) in [4.78, 5) is 13.1. The Kier molecular flexibility index (Phi) is 7.10. The van der Waals surface area contributed by atoms with Crippen LogP contribution < -0.4 is 14.8 Å². The molecule has 0 fully saturated rings. The molecule has 30 heavy (non-hydrogen) atoms. The van der Waals surface area contributed by atoms with Gasteiger partial charge in [0.25, 0.3) is 0 Å². The number of methoxy groups -OCH3 is 1. The maximum atomic E-state index is 13.1. The number of anilines is 1. The first-order chi connectivity index (χ1) is 14.2. The third-order valence-electron chi connectivity index (χ3n) is 5.23. The fraction of sp³-hybridized carbons (Fsp3) is 0.409. The van der Waals surface area contributed by atoms with Crippen molar-refractivity contribution in [1.82, 2.24) is 4.72 Å². The van der Waals surface area contributed by atoms with Gasteiger partial charge in [-0.15, -0.1) is 11.8 Å². The number of nitrogens with one attached hydrogen (secondary N) is 2. The Morgan fingerprint density at radius 3 is 2.63 bits per heavy atom. The maximum absolute atomic E-state index is 13.1. The molecule has 0 saturated carbocycles. The molecule has 2 aromatic carbocycles. The molecule has 2 aromatic rings. The molecular weight excluding hydrogens is 420 g/mol. The smallest absolute Gasteiger partial charge is 0.241 e. The van der Waals surface area contributed by atoms with Crippen molar-refractivity contribution in [2.75, 3.05) is 18.7 Å². The third kappa shape index (κ3) is 4.99. The van der Waals surface area contributed by atoms with Gasteiger partial charge in [-0.1, -0.05) is 19.9 Å². The molecule has 1 atom stereocenters. The van der Waals surface area contributed by atoms with Crippen molar-refractivity contribution in [3.8, 4) is 5.75 Å². The normalized spacial score (nSPS) is 16.2. The molecule has 0 aliphatic heterocycles. The molecule has 0 saturated heterocycles. The standard InChI is InChI=1S/C22H28N2O4S2/c1-14(2)22(25)23-20-13-17(9-11-21(20)29-4)30(26,27)24-19-7-5-6-15-12-16(28-3)8-10-18(15)19/h8-14,19,24H,5-7H2,1-4H3,(H,23,25)/t19-/m0/s1. The van der Waals surface area contributed by atoms with Crippen molar-refractivity contribution < 1.29 is 17.9 Å². The number of aryl methyl sites for hydroxylation is 1. The number of amides is 1. The largest absolute Gasteiger partial charge is 0.497 e. The van der Waals surface area contributed by atoms with E-state index in [0.717, 1.165) is 41.0 Å². The lowest BCUT2D eigenvalue weighted by molar-refractivity contribution is -0.118. The van der Waals surface area contributed by atoms with Crippen molar-refractivity contribution in [3.05, 3.63) is 47.5 Å². The van der Waals surface area contributed by atoms with E-state index >= 15 is 0 Å². The van der Waals surface area contributed by atoms with E-state index in [4.69, 9.17) is 4.74 Å². The van der Waals surface area contributed by atoms with Crippen LogP contribution in [0.25, 0.3) is 0 Å². The van der Waals surface area contributed by atoms with Crippen molar-refractivity contribution in [1.29, 1.82) is 0 Å². The summed E-state index contributed by atoms with van der Waals surface area (Å²) in [6, 6.07) is 10.3. The molecule has 8 heteroatoms. The summed E-state index contributed by atoms with van der Waals surface area (Å²) >= 11 is 1.46. The highest BCUT2D eigenvalue weighted by atomic mass is 32.2. The Labute approximate surface area is 182 Å². The second-order valence-electron chi connectivity index (χ2n) is 7.64. The average molecular weight is 449 g/mol. The van der Waals surface area contributed by atoms with Gasteiger partial charge in [-0.3, -0.25) is 4.79 Å². The van der Waals surface area contributed by atoms with Crippen LogP contribution in [-0.2, 0) is 21.2 Å². The van der Waals surface area contributed by atoms with Crippen LogP contribution in [0.5, 0.6) is 5.75 Å². The van der Waals surface area contributed by atoms with E-state index in [2.05, 4.69) is 10.0 Å². The minimum Gasteiger partial charge on any atom is -0.497 e. The fourth-order valence-electron chi connectivity index (χ4n) is 3.52. The lowest BCUT2D eigenvalue weighted by atomic mass is 9.88. The first-order valence-electron chi connectivity index (χ1n) is 9.93. The van der Waals surface area contributed by atoms with E-state index in [1.54, 1.807) is 33.1 Å². The van der Waals surface area contributed by atoms with Crippen molar-refractivity contribution in [2.45, 2.75) is 48.9 Å². The lowest BCUT2D eigenvalue weighted by Gasteiger charge is -2.26. The van der Waals surface area contributed by atoms with Gasteiger partial charge in [-0.25, -0.2) is 13.1 Å². The van der Waals surface area contributed by atoms with E-state index < -0.39 is 10.0 Å². The summed E-state index contributed by atoms with van der Waals surface area (Å²) in [5.74, 6) is 0.423. The first kappa shape index (κ1) is 22.7. The van der Waals surface area contributed by atoms with Crippen molar-refractivity contribution in [2.24, 2.45) is 5.92 Å². The number of fused-ring (bicyclic) bond motifs is 1. The predicted molar refractivity (Wildman–Crippen MR) is 121 cm³/mol. The molecule has 0 spiro atoms. The zero-order chi connectivity index (χ0) is 21.9. The van der Waals surface area contributed by atoms with E-state index in [0.29, 0.717) is 5.69 Å². The highest BCUT2D eigenvalue weighted by molar-refractivity contribution is 7.98. The van der Waals surface area contributed by atoms with Crippen molar-refractivity contribution >= 4 is 33.4 Å². The van der Waals surface area contributed by atoms with Crippen LogP contribution >= 0.6 is 11.8 Å². The minimum absolute atomic E-state index is 0.139. The quantitative estimate of drug-likeness (QED) is 0.615. The second kappa shape index (κ2) is 9.41. The van der Waals surface area contributed by atoms with Gasteiger partial charge < -0.3 is 10.1 Å². The number of hydrogen-bond acceptors (Lipinski definition) is 5. The SMILES string of the molecule is COc1ccc2c(c1)CCC[C@@H]2NS(=O)(=O)c1ccc(SC)c(NC(=O)C(C)C)c1. The summed E-state index contributed by atoms with van der Waals surface area (Å²) in [6.45, 7) is 3.59. The van der Waals surface area contributed by atoms with Crippen LogP contribution in [0.15, 0.2) is 46.2 Å². The van der Waals surface area contributed by atoms with Gasteiger partial charge in [0.15, 0.2) is 0 Å². The molecule has 1 amide bonds. The molecule has 1 aliphatic rings. The summed E-state index contributed by atoms with van der Waals surface area (Å²) in [7, 11) is -2.14. The number of sulfonamides is 1. The highest BCUT2D eigenvalue weighted by Crippen LogP contribution is 2.34. The molecule has 0 bridgehead atoms. The van der Waals surface area contributed by atoms with E-state index in [1.807, 2.05) is 24.5 Å². The fourth-order valence-corrected chi connectivity index (χ4v) is 5.33. The van der Waals surface area contributed by atoms with E-state index in [1.165, 1.54) is 17.8 Å². The van der Waals surface area contributed by atoms with Crippen LogP contribution in [0.4, 0.5) is 5.69 Å². The molecule has 162 valence electrons. The number of benzene rings is 2.